The first-order valence-corrected chi connectivity index (χ1v) is 6.00. The van der Waals surface area contributed by atoms with Gasteiger partial charge < -0.3 is 15.2 Å². The van der Waals surface area contributed by atoms with Gasteiger partial charge in [-0.1, -0.05) is 12.1 Å². The standard InChI is InChI=1S/C13H16F3NO3/c1-9(18)10-3-2-4-11(7-10)17-12(19)5-6-20-8-13(14,15)16/h2-4,7,9,18H,5-6,8H2,1H3,(H,17,19). The lowest BCUT2D eigenvalue weighted by molar-refractivity contribution is -0.174. The van der Waals surface area contributed by atoms with Gasteiger partial charge in [-0.2, -0.15) is 13.2 Å². The molecule has 0 spiro atoms. The Bertz CT molecular complexity index is 447. The summed E-state index contributed by atoms with van der Waals surface area (Å²) in [5.74, 6) is -0.449. The van der Waals surface area contributed by atoms with E-state index in [1.807, 2.05) is 0 Å². The van der Waals surface area contributed by atoms with Gasteiger partial charge in [-0.05, 0) is 24.6 Å². The second kappa shape index (κ2) is 7.25. The number of amides is 1. The Morgan fingerprint density at radius 2 is 2.15 bits per heavy atom. The number of halogens is 3. The Hall–Kier alpha value is -1.60. The van der Waals surface area contributed by atoms with Crippen LogP contribution < -0.4 is 5.32 Å². The Kier molecular flexibility index (Phi) is 5.97. The summed E-state index contributed by atoms with van der Waals surface area (Å²) >= 11 is 0. The Balaban J connectivity index is 2.37. The number of aliphatic hydroxyl groups is 1. The van der Waals surface area contributed by atoms with E-state index in [1.54, 1.807) is 31.2 Å². The van der Waals surface area contributed by atoms with Crippen LogP contribution in [0, 0.1) is 0 Å². The number of aliphatic hydroxyl groups excluding tert-OH is 1. The number of hydrogen-bond acceptors (Lipinski definition) is 3. The number of carbonyl (C=O) groups excluding carboxylic acids is 1. The molecule has 0 heterocycles. The maximum atomic E-state index is 11.8. The largest absolute Gasteiger partial charge is 0.411 e. The number of alkyl halides is 3. The summed E-state index contributed by atoms with van der Waals surface area (Å²) in [6.07, 6.45) is -5.22. The summed E-state index contributed by atoms with van der Waals surface area (Å²) in [5.41, 5.74) is 1.11. The molecule has 0 fully saturated rings. The fourth-order valence-corrected chi connectivity index (χ4v) is 1.45. The molecule has 1 aromatic carbocycles. The van der Waals surface area contributed by atoms with Gasteiger partial charge in [-0.3, -0.25) is 4.79 Å². The van der Waals surface area contributed by atoms with Gasteiger partial charge >= 0.3 is 6.18 Å². The number of carbonyl (C=O) groups is 1. The van der Waals surface area contributed by atoms with Crippen molar-refractivity contribution in [1.82, 2.24) is 0 Å². The van der Waals surface area contributed by atoms with Crippen molar-refractivity contribution in [3.8, 4) is 0 Å². The molecular weight excluding hydrogens is 275 g/mol. The van der Waals surface area contributed by atoms with Crippen molar-refractivity contribution < 1.29 is 27.8 Å². The third kappa shape index (κ3) is 6.53. The summed E-state index contributed by atoms with van der Waals surface area (Å²) in [5, 5.41) is 11.9. The van der Waals surface area contributed by atoms with E-state index in [4.69, 9.17) is 0 Å². The summed E-state index contributed by atoms with van der Waals surface area (Å²) in [7, 11) is 0. The summed E-state index contributed by atoms with van der Waals surface area (Å²) in [4.78, 5) is 11.5. The normalized spacial score (nSPS) is 13.1. The van der Waals surface area contributed by atoms with Crippen molar-refractivity contribution in [3.63, 3.8) is 0 Å². The molecule has 0 aliphatic carbocycles. The molecule has 0 aromatic heterocycles. The predicted octanol–water partition coefficient (Wildman–Crippen LogP) is 2.65. The first-order valence-electron chi connectivity index (χ1n) is 6.00. The molecule has 7 heteroatoms. The average Bonchev–Trinajstić information content (AvgIpc) is 2.34. The fourth-order valence-electron chi connectivity index (χ4n) is 1.45. The molecule has 0 radical (unpaired) electrons. The summed E-state index contributed by atoms with van der Waals surface area (Å²) in [6.45, 7) is -0.0782. The van der Waals surface area contributed by atoms with Crippen LogP contribution in [0.25, 0.3) is 0 Å². The van der Waals surface area contributed by atoms with Crippen LogP contribution in [0.3, 0.4) is 0 Å². The highest BCUT2D eigenvalue weighted by atomic mass is 19.4. The minimum atomic E-state index is -4.39. The molecule has 1 rings (SSSR count). The fraction of sp³-hybridized carbons (Fsp3) is 0.462. The second-order valence-electron chi connectivity index (χ2n) is 4.27. The van der Waals surface area contributed by atoms with Crippen LogP contribution in [0.4, 0.5) is 18.9 Å². The van der Waals surface area contributed by atoms with E-state index in [1.165, 1.54) is 0 Å². The molecule has 0 saturated heterocycles. The number of benzene rings is 1. The molecule has 0 aliphatic rings. The van der Waals surface area contributed by atoms with Crippen molar-refractivity contribution in [2.75, 3.05) is 18.5 Å². The third-order valence-corrected chi connectivity index (χ3v) is 2.39. The molecule has 112 valence electrons. The van der Waals surface area contributed by atoms with Gasteiger partial charge in [0.15, 0.2) is 0 Å². The van der Waals surface area contributed by atoms with Crippen molar-refractivity contribution in [2.24, 2.45) is 0 Å². The smallest absolute Gasteiger partial charge is 0.389 e. The lowest BCUT2D eigenvalue weighted by atomic mass is 10.1. The van der Waals surface area contributed by atoms with Gasteiger partial charge in [0, 0.05) is 5.69 Å². The van der Waals surface area contributed by atoms with E-state index in [0.717, 1.165) is 0 Å². The molecule has 2 N–H and O–H groups in total. The monoisotopic (exact) mass is 291 g/mol. The first-order chi connectivity index (χ1) is 9.28. The van der Waals surface area contributed by atoms with E-state index in [0.29, 0.717) is 11.3 Å². The molecule has 0 saturated carbocycles. The SMILES string of the molecule is CC(O)c1cccc(NC(=O)CCOCC(F)(F)F)c1. The highest BCUT2D eigenvalue weighted by molar-refractivity contribution is 5.90. The highest BCUT2D eigenvalue weighted by Crippen LogP contribution is 2.17. The van der Waals surface area contributed by atoms with Gasteiger partial charge in [0.2, 0.25) is 5.91 Å². The van der Waals surface area contributed by atoms with Crippen molar-refractivity contribution in [2.45, 2.75) is 25.6 Å². The van der Waals surface area contributed by atoms with Gasteiger partial charge in [0.05, 0.1) is 19.1 Å². The molecule has 1 unspecified atom stereocenters. The number of anilines is 1. The van der Waals surface area contributed by atoms with E-state index in [-0.39, 0.29) is 13.0 Å². The van der Waals surface area contributed by atoms with Crippen molar-refractivity contribution in [3.05, 3.63) is 29.8 Å². The quantitative estimate of drug-likeness (QED) is 0.792. The number of rotatable bonds is 6. The summed E-state index contributed by atoms with van der Waals surface area (Å²) in [6, 6.07) is 6.59. The predicted molar refractivity (Wildman–Crippen MR) is 67.2 cm³/mol. The number of nitrogens with one attached hydrogen (secondary N) is 1. The van der Waals surface area contributed by atoms with Crippen LogP contribution >= 0.6 is 0 Å². The first kappa shape index (κ1) is 16.5. The van der Waals surface area contributed by atoms with Crippen LogP contribution in [0.1, 0.15) is 25.0 Å². The number of ether oxygens (including phenoxy) is 1. The Morgan fingerprint density at radius 1 is 1.45 bits per heavy atom. The highest BCUT2D eigenvalue weighted by Gasteiger charge is 2.27. The van der Waals surface area contributed by atoms with Crippen LogP contribution in [0.2, 0.25) is 0 Å². The molecule has 1 atom stereocenters. The average molecular weight is 291 g/mol. The lowest BCUT2D eigenvalue weighted by Crippen LogP contribution is -2.20. The van der Waals surface area contributed by atoms with Gasteiger partial charge in [-0.15, -0.1) is 0 Å². The van der Waals surface area contributed by atoms with Crippen molar-refractivity contribution in [1.29, 1.82) is 0 Å². The molecule has 4 nitrogen and oxygen atoms in total. The zero-order chi connectivity index (χ0) is 15.2. The van der Waals surface area contributed by atoms with Gasteiger partial charge in [0.1, 0.15) is 6.61 Å². The Morgan fingerprint density at radius 3 is 2.75 bits per heavy atom. The van der Waals surface area contributed by atoms with E-state index in [2.05, 4.69) is 10.1 Å². The maximum Gasteiger partial charge on any atom is 0.411 e. The minimum Gasteiger partial charge on any atom is -0.389 e. The van der Waals surface area contributed by atoms with Gasteiger partial charge in [-0.25, -0.2) is 0 Å². The van der Waals surface area contributed by atoms with Crippen LogP contribution in [-0.2, 0) is 9.53 Å². The van der Waals surface area contributed by atoms with E-state index >= 15 is 0 Å². The minimum absolute atomic E-state index is 0.172. The molecular formula is C13H16F3NO3. The maximum absolute atomic E-state index is 11.8. The Labute approximate surface area is 114 Å². The molecule has 1 amide bonds. The second-order valence-corrected chi connectivity index (χ2v) is 4.27. The molecule has 0 bridgehead atoms. The molecule has 0 aliphatic heterocycles. The van der Waals surface area contributed by atoms with Gasteiger partial charge in [0.25, 0.3) is 0 Å². The number of hydrogen-bond donors (Lipinski definition) is 2. The van der Waals surface area contributed by atoms with Crippen LogP contribution in [0.15, 0.2) is 24.3 Å². The van der Waals surface area contributed by atoms with Crippen molar-refractivity contribution >= 4 is 11.6 Å². The van der Waals surface area contributed by atoms with E-state index in [9.17, 15) is 23.1 Å². The summed E-state index contributed by atoms with van der Waals surface area (Å²) < 4.78 is 39.7. The topological polar surface area (TPSA) is 58.6 Å². The molecule has 1 aromatic rings. The lowest BCUT2D eigenvalue weighted by Gasteiger charge is -2.10. The third-order valence-electron chi connectivity index (χ3n) is 2.39. The van der Waals surface area contributed by atoms with Crippen LogP contribution in [-0.4, -0.2) is 30.4 Å². The van der Waals surface area contributed by atoms with E-state index < -0.39 is 24.8 Å². The van der Waals surface area contributed by atoms with Crippen LogP contribution in [0.5, 0.6) is 0 Å². The molecule has 20 heavy (non-hydrogen) atoms. The zero-order valence-corrected chi connectivity index (χ0v) is 10.9. The zero-order valence-electron chi connectivity index (χ0n) is 10.9.